The first-order chi connectivity index (χ1) is 6.72. The lowest BCUT2D eigenvalue weighted by Gasteiger charge is -2.04. The summed E-state index contributed by atoms with van der Waals surface area (Å²) in [7, 11) is -0.778. The van der Waals surface area contributed by atoms with Crippen LogP contribution in [0.1, 0.15) is 6.92 Å². The predicted molar refractivity (Wildman–Crippen MR) is 56.2 cm³/mol. The standard InChI is InChI=1S/C9H13FN2OS/c1-2-14(13)6-5-11-8-3-4-12-9(10)7-8/h3-4,7H,2,5-6H2,1H3,(H,11,12). The van der Waals surface area contributed by atoms with Crippen molar-refractivity contribution in [3.63, 3.8) is 0 Å². The summed E-state index contributed by atoms with van der Waals surface area (Å²) in [5, 5.41) is 2.98. The summed E-state index contributed by atoms with van der Waals surface area (Å²) < 4.78 is 23.7. The number of halogens is 1. The fourth-order valence-electron chi connectivity index (χ4n) is 0.966. The predicted octanol–water partition coefficient (Wildman–Crippen LogP) is 1.40. The lowest BCUT2D eigenvalue weighted by atomic mass is 10.4. The molecule has 0 radical (unpaired) electrons. The molecular weight excluding hydrogens is 203 g/mol. The third-order valence-electron chi connectivity index (χ3n) is 1.71. The molecule has 0 saturated heterocycles. The number of hydrogen-bond donors (Lipinski definition) is 1. The molecule has 0 aliphatic rings. The lowest BCUT2D eigenvalue weighted by Crippen LogP contribution is -2.12. The normalized spacial score (nSPS) is 12.4. The number of nitrogens with one attached hydrogen (secondary N) is 1. The van der Waals surface area contributed by atoms with Crippen LogP contribution >= 0.6 is 0 Å². The molecule has 5 heteroatoms. The Morgan fingerprint density at radius 3 is 3.07 bits per heavy atom. The lowest BCUT2D eigenvalue weighted by molar-refractivity contribution is 0.584. The van der Waals surface area contributed by atoms with Crippen LogP contribution in [0, 0.1) is 5.95 Å². The van der Waals surface area contributed by atoms with Crippen LogP contribution in [-0.2, 0) is 10.8 Å². The van der Waals surface area contributed by atoms with Crippen LogP contribution in [0.5, 0.6) is 0 Å². The second-order valence-corrected chi connectivity index (χ2v) is 4.59. The van der Waals surface area contributed by atoms with Crippen LogP contribution in [0.15, 0.2) is 18.3 Å². The van der Waals surface area contributed by atoms with Gasteiger partial charge in [-0.15, -0.1) is 0 Å². The molecular formula is C9H13FN2OS. The Hall–Kier alpha value is -0.970. The first kappa shape index (κ1) is 11.1. The van der Waals surface area contributed by atoms with Gasteiger partial charge in [0.2, 0.25) is 5.95 Å². The molecule has 14 heavy (non-hydrogen) atoms. The molecule has 0 saturated carbocycles. The zero-order valence-corrected chi connectivity index (χ0v) is 8.81. The highest BCUT2D eigenvalue weighted by atomic mass is 32.2. The van der Waals surface area contributed by atoms with Gasteiger partial charge >= 0.3 is 0 Å². The fraction of sp³-hybridized carbons (Fsp3) is 0.444. The Labute approximate surface area is 85.2 Å². The highest BCUT2D eigenvalue weighted by Gasteiger charge is 1.97. The fourth-order valence-corrected chi connectivity index (χ4v) is 1.58. The molecule has 0 fully saturated rings. The van der Waals surface area contributed by atoms with E-state index in [1.165, 1.54) is 12.3 Å². The summed E-state index contributed by atoms with van der Waals surface area (Å²) >= 11 is 0. The van der Waals surface area contributed by atoms with Crippen molar-refractivity contribution in [2.45, 2.75) is 6.92 Å². The van der Waals surface area contributed by atoms with Crippen LogP contribution in [-0.4, -0.2) is 27.2 Å². The second-order valence-electron chi connectivity index (χ2n) is 2.73. The van der Waals surface area contributed by atoms with E-state index in [2.05, 4.69) is 10.3 Å². The van der Waals surface area contributed by atoms with Crippen LogP contribution in [0.25, 0.3) is 0 Å². The first-order valence-corrected chi connectivity index (χ1v) is 5.91. The monoisotopic (exact) mass is 216 g/mol. The zero-order chi connectivity index (χ0) is 10.4. The van der Waals surface area contributed by atoms with Crippen LogP contribution in [0.3, 0.4) is 0 Å². The number of hydrogen-bond acceptors (Lipinski definition) is 3. The molecule has 0 amide bonds. The van der Waals surface area contributed by atoms with Crippen molar-refractivity contribution >= 4 is 16.5 Å². The summed E-state index contributed by atoms with van der Waals surface area (Å²) in [6.07, 6.45) is 1.40. The number of nitrogens with zero attached hydrogens (tertiary/aromatic N) is 1. The van der Waals surface area contributed by atoms with Crippen molar-refractivity contribution in [3.05, 3.63) is 24.3 Å². The Bertz CT molecular complexity index is 319. The van der Waals surface area contributed by atoms with Crippen molar-refractivity contribution in [3.8, 4) is 0 Å². The van der Waals surface area contributed by atoms with E-state index in [4.69, 9.17) is 0 Å². The molecule has 1 aromatic heterocycles. The highest BCUT2D eigenvalue weighted by molar-refractivity contribution is 7.84. The summed E-state index contributed by atoms with van der Waals surface area (Å²) in [5.74, 6) is 0.735. The van der Waals surface area contributed by atoms with E-state index >= 15 is 0 Å². The first-order valence-electron chi connectivity index (χ1n) is 4.42. The molecule has 0 bridgehead atoms. The molecule has 1 rings (SSSR count). The minimum absolute atomic E-state index is 0.508. The van der Waals surface area contributed by atoms with Gasteiger partial charge < -0.3 is 5.32 Å². The molecule has 1 aromatic rings. The van der Waals surface area contributed by atoms with Gasteiger partial charge in [0.15, 0.2) is 0 Å². The molecule has 1 unspecified atom stereocenters. The van der Waals surface area contributed by atoms with Gasteiger partial charge in [-0.1, -0.05) is 6.92 Å². The van der Waals surface area contributed by atoms with E-state index in [1.54, 1.807) is 6.07 Å². The van der Waals surface area contributed by atoms with Crippen molar-refractivity contribution < 1.29 is 8.60 Å². The number of aromatic nitrogens is 1. The Morgan fingerprint density at radius 1 is 1.64 bits per heavy atom. The van der Waals surface area contributed by atoms with Crippen LogP contribution in [0.4, 0.5) is 10.1 Å². The molecule has 1 atom stereocenters. The molecule has 78 valence electrons. The molecule has 0 aliphatic carbocycles. The smallest absolute Gasteiger partial charge is 0.214 e. The van der Waals surface area contributed by atoms with Gasteiger partial charge in [0.1, 0.15) is 0 Å². The summed E-state index contributed by atoms with van der Waals surface area (Å²) in [4.78, 5) is 3.43. The number of anilines is 1. The molecule has 1 N–H and O–H groups in total. The number of rotatable bonds is 5. The highest BCUT2D eigenvalue weighted by Crippen LogP contribution is 2.05. The van der Waals surface area contributed by atoms with Gasteiger partial charge in [-0.25, -0.2) is 4.98 Å². The molecule has 1 heterocycles. The zero-order valence-electron chi connectivity index (χ0n) is 8.00. The van der Waals surface area contributed by atoms with E-state index in [0.717, 1.165) is 0 Å². The maximum absolute atomic E-state index is 12.6. The SMILES string of the molecule is CCS(=O)CCNc1ccnc(F)c1. The average molecular weight is 216 g/mol. The molecule has 3 nitrogen and oxygen atoms in total. The van der Waals surface area contributed by atoms with E-state index in [9.17, 15) is 8.60 Å². The maximum atomic E-state index is 12.6. The Morgan fingerprint density at radius 2 is 2.43 bits per heavy atom. The summed E-state index contributed by atoms with van der Waals surface area (Å²) in [6, 6.07) is 2.99. The summed E-state index contributed by atoms with van der Waals surface area (Å²) in [5.41, 5.74) is 0.672. The minimum atomic E-state index is -0.778. The quantitative estimate of drug-likeness (QED) is 0.756. The largest absolute Gasteiger partial charge is 0.384 e. The van der Waals surface area contributed by atoms with Gasteiger partial charge in [0.05, 0.1) is 0 Å². The van der Waals surface area contributed by atoms with Gasteiger partial charge in [-0.3, -0.25) is 4.21 Å². The Balaban J connectivity index is 2.35. The second kappa shape index (κ2) is 5.70. The van der Waals surface area contributed by atoms with Gasteiger partial charge in [-0.2, -0.15) is 4.39 Å². The minimum Gasteiger partial charge on any atom is -0.384 e. The number of pyridine rings is 1. The van der Waals surface area contributed by atoms with E-state index in [0.29, 0.717) is 23.7 Å². The maximum Gasteiger partial charge on any atom is 0.214 e. The van der Waals surface area contributed by atoms with Crippen molar-refractivity contribution in [1.82, 2.24) is 4.98 Å². The van der Waals surface area contributed by atoms with E-state index < -0.39 is 16.7 Å². The van der Waals surface area contributed by atoms with Crippen LogP contribution < -0.4 is 5.32 Å². The third-order valence-corrected chi connectivity index (χ3v) is 3.01. The van der Waals surface area contributed by atoms with Crippen molar-refractivity contribution in [2.75, 3.05) is 23.4 Å². The van der Waals surface area contributed by atoms with Gasteiger partial charge in [0.25, 0.3) is 0 Å². The summed E-state index contributed by atoms with van der Waals surface area (Å²) in [6.45, 7) is 2.46. The van der Waals surface area contributed by atoms with E-state index in [1.807, 2.05) is 6.92 Å². The van der Waals surface area contributed by atoms with Gasteiger partial charge in [0, 0.05) is 46.8 Å². The molecule has 0 aromatic carbocycles. The van der Waals surface area contributed by atoms with Crippen molar-refractivity contribution in [2.24, 2.45) is 0 Å². The molecule has 0 aliphatic heterocycles. The van der Waals surface area contributed by atoms with Crippen LogP contribution in [0.2, 0.25) is 0 Å². The Kier molecular flexibility index (Phi) is 4.52. The third kappa shape index (κ3) is 3.83. The average Bonchev–Trinajstić information content (AvgIpc) is 2.17. The van der Waals surface area contributed by atoms with Crippen molar-refractivity contribution in [1.29, 1.82) is 0 Å². The molecule has 0 spiro atoms. The van der Waals surface area contributed by atoms with Gasteiger partial charge in [-0.05, 0) is 6.07 Å². The van der Waals surface area contributed by atoms with E-state index in [-0.39, 0.29) is 0 Å². The topological polar surface area (TPSA) is 42.0 Å².